The molecule has 1 atom stereocenters. The molecule has 2 heterocycles. The summed E-state index contributed by atoms with van der Waals surface area (Å²) in [5.41, 5.74) is 14.2. The van der Waals surface area contributed by atoms with Gasteiger partial charge in [-0.3, -0.25) is 0 Å². The van der Waals surface area contributed by atoms with Crippen LogP contribution in [0.5, 0.6) is 0 Å². The maximum Gasteiger partial charge on any atom is 0.159 e. The topological polar surface area (TPSA) is 18.1 Å². The first-order chi connectivity index (χ1) is 26.3. The second-order valence-electron chi connectivity index (χ2n) is 14.0. The molecule has 0 aliphatic rings. The Labute approximate surface area is 309 Å². The summed E-state index contributed by atoms with van der Waals surface area (Å²) in [6.07, 6.45) is 2.04. The molecule has 0 spiro atoms. The van der Waals surface area contributed by atoms with Crippen molar-refractivity contribution in [1.29, 1.82) is 0 Å². The summed E-state index contributed by atoms with van der Waals surface area (Å²) in [4.78, 5) is 0. The second-order valence-corrected chi connectivity index (χ2v) is 14.0. The Morgan fingerprint density at radius 2 is 1.00 bits per heavy atom. The highest BCUT2D eigenvalue weighted by molar-refractivity contribution is 6.13. The molecule has 0 bridgehead atoms. The molecule has 8 aromatic carbocycles. The Bertz CT molecular complexity index is 2860. The minimum atomic E-state index is 0.325. The lowest BCUT2D eigenvalue weighted by Gasteiger charge is -2.19. The van der Waals surface area contributed by atoms with E-state index in [0.717, 1.165) is 40.5 Å². The van der Waals surface area contributed by atoms with Crippen LogP contribution in [0.15, 0.2) is 199 Å². The predicted octanol–water partition coefficient (Wildman–Crippen LogP) is 13.8. The second kappa shape index (κ2) is 13.2. The smallest absolute Gasteiger partial charge is 0.159 e. The van der Waals surface area contributed by atoms with Gasteiger partial charge in [-0.1, -0.05) is 164 Å². The van der Waals surface area contributed by atoms with E-state index in [1.807, 2.05) is 6.07 Å². The number of para-hydroxylation sites is 3. The van der Waals surface area contributed by atoms with Crippen molar-refractivity contribution in [3.8, 4) is 27.9 Å². The van der Waals surface area contributed by atoms with E-state index in [0.29, 0.717) is 5.92 Å². The molecule has 0 saturated carbocycles. The van der Waals surface area contributed by atoms with Crippen LogP contribution in [0.3, 0.4) is 0 Å². The third kappa shape index (κ3) is 5.60. The minimum Gasteiger partial charge on any atom is -0.454 e. The number of hydrogen-bond donors (Lipinski definition) is 0. The third-order valence-corrected chi connectivity index (χ3v) is 10.9. The zero-order valence-corrected chi connectivity index (χ0v) is 29.3. The van der Waals surface area contributed by atoms with Gasteiger partial charge in [0.25, 0.3) is 0 Å². The molecular weight excluding hydrogens is 643 g/mol. The maximum atomic E-state index is 6.49. The maximum absolute atomic E-state index is 6.49. The average molecular weight is 680 g/mol. The number of benzene rings is 8. The zero-order valence-electron chi connectivity index (χ0n) is 29.3. The summed E-state index contributed by atoms with van der Waals surface area (Å²) in [7, 11) is 0. The first-order valence-electron chi connectivity index (χ1n) is 18.5. The van der Waals surface area contributed by atoms with Crippen LogP contribution in [0.4, 0.5) is 0 Å². The van der Waals surface area contributed by atoms with Crippen molar-refractivity contribution in [1.82, 2.24) is 4.57 Å². The predicted molar refractivity (Wildman–Crippen MR) is 222 cm³/mol. The van der Waals surface area contributed by atoms with Crippen molar-refractivity contribution < 1.29 is 4.42 Å². The molecule has 0 N–H and O–H groups in total. The molecule has 2 aromatic heterocycles. The van der Waals surface area contributed by atoms with E-state index in [9.17, 15) is 0 Å². The van der Waals surface area contributed by atoms with E-state index >= 15 is 0 Å². The molecule has 252 valence electrons. The van der Waals surface area contributed by atoms with Crippen LogP contribution >= 0.6 is 0 Å². The molecule has 0 fully saturated rings. The molecule has 0 aliphatic heterocycles. The summed E-state index contributed by atoms with van der Waals surface area (Å²) in [6, 6.07) is 70.3. The first-order valence-corrected chi connectivity index (χ1v) is 18.5. The normalized spacial score (nSPS) is 12.2. The van der Waals surface area contributed by atoms with Crippen LogP contribution in [-0.4, -0.2) is 4.57 Å². The van der Waals surface area contributed by atoms with Gasteiger partial charge in [0, 0.05) is 27.5 Å². The van der Waals surface area contributed by atoms with Crippen LogP contribution in [0, 0.1) is 0 Å². The Morgan fingerprint density at radius 1 is 0.415 bits per heavy atom. The standard InChI is InChI=1S/C51H37NO/c1-3-12-36(13-4-1)37-27-29-40(30-28-37)42(39-14-5-2-6-15-39)32-24-35-22-25-38(26-23-35)41-31-33-48-46(34-41)43-16-7-9-19-47(43)52(48)49-20-11-18-45-44-17-8-10-21-50(44)53-51(45)49/h1-23,25-31,33-34,42H,24,32H2. The minimum absolute atomic E-state index is 0.325. The van der Waals surface area contributed by atoms with Crippen LogP contribution in [0.2, 0.25) is 0 Å². The molecule has 0 amide bonds. The molecule has 10 rings (SSSR count). The van der Waals surface area contributed by atoms with E-state index in [1.54, 1.807) is 0 Å². The number of hydrogen-bond acceptors (Lipinski definition) is 1. The molecule has 2 nitrogen and oxygen atoms in total. The van der Waals surface area contributed by atoms with Gasteiger partial charge in [-0.2, -0.15) is 0 Å². The molecule has 0 aliphatic carbocycles. The number of fused-ring (bicyclic) bond motifs is 6. The van der Waals surface area contributed by atoms with Gasteiger partial charge in [0.05, 0.1) is 16.7 Å². The van der Waals surface area contributed by atoms with Crippen molar-refractivity contribution >= 4 is 43.7 Å². The van der Waals surface area contributed by atoms with Crippen molar-refractivity contribution in [2.75, 3.05) is 0 Å². The fourth-order valence-electron chi connectivity index (χ4n) is 8.24. The largest absolute Gasteiger partial charge is 0.454 e. The fraction of sp³-hybridized carbons (Fsp3) is 0.0588. The highest BCUT2D eigenvalue weighted by Gasteiger charge is 2.18. The number of aryl methyl sites for hydroxylation is 1. The highest BCUT2D eigenvalue weighted by Crippen LogP contribution is 2.39. The molecule has 1 unspecified atom stereocenters. The van der Waals surface area contributed by atoms with Crippen LogP contribution < -0.4 is 0 Å². The van der Waals surface area contributed by atoms with E-state index in [2.05, 4.69) is 193 Å². The van der Waals surface area contributed by atoms with Gasteiger partial charge in [0.15, 0.2) is 5.58 Å². The van der Waals surface area contributed by atoms with Gasteiger partial charge >= 0.3 is 0 Å². The lowest BCUT2D eigenvalue weighted by atomic mass is 9.85. The van der Waals surface area contributed by atoms with Gasteiger partial charge in [0.1, 0.15) is 5.58 Å². The zero-order chi connectivity index (χ0) is 35.1. The van der Waals surface area contributed by atoms with Crippen LogP contribution in [0.1, 0.15) is 29.0 Å². The number of nitrogens with zero attached hydrogens (tertiary/aromatic N) is 1. The SMILES string of the molecule is c1ccc(-c2ccc(C(CCc3ccc(-c4ccc5c(c4)c4ccccc4n5-c4cccc5c4oc4ccccc45)cc3)c3ccccc3)cc2)cc1. The molecule has 0 saturated heterocycles. The summed E-state index contributed by atoms with van der Waals surface area (Å²) in [5.74, 6) is 0.325. The Balaban J connectivity index is 0.953. The number of furan rings is 1. The monoisotopic (exact) mass is 679 g/mol. The lowest BCUT2D eigenvalue weighted by molar-refractivity contribution is 0.666. The number of rotatable bonds is 8. The van der Waals surface area contributed by atoms with Gasteiger partial charge < -0.3 is 8.98 Å². The van der Waals surface area contributed by atoms with Crippen molar-refractivity contribution in [2.24, 2.45) is 0 Å². The molecule has 2 heteroatoms. The summed E-state index contributed by atoms with van der Waals surface area (Å²) in [6.45, 7) is 0. The molecule has 0 radical (unpaired) electrons. The van der Waals surface area contributed by atoms with E-state index < -0.39 is 0 Å². The van der Waals surface area contributed by atoms with Crippen LogP contribution in [-0.2, 0) is 6.42 Å². The molecule has 53 heavy (non-hydrogen) atoms. The summed E-state index contributed by atoms with van der Waals surface area (Å²) >= 11 is 0. The van der Waals surface area contributed by atoms with E-state index in [-0.39, 0.29) is 0 Å². The van der Waals surface area contributed by atoms with Gasteiger partial charge in [-0.25, -0.2) is 0 Å². The Morgan fingerprint density at radius 3 is 1.81 bits per heavy atom. The van der Waals surface area contributed by atoms with Crippen molar-refractivity contribution in [2.45, 2.75) is 18.8 Å². The fourth-order valence-corrected chi connectivity index (χ4v) is 8.24. The van der Waals surface area contributed by atoms with Gasteiger partial charge in [0.2, 0.25) is 0 Å². The van der Waals surface area contributed by atoms with Gasteiger partial charge in [-0.05, 0) is 82.1 Å². The Kier molecular flexibility index (Phi) is 7.73. The average Bonchev–Trinajstić information content (AvgIpc) is 3.78. The first kappa shape index (κ1) is 31.1. The lowest BCUT2D eigenvalue weighted by Crippen LogP contribution is -2.03. The van der Waals surface area contributed by atoms with E-state index in [1.165, 1.54) is 60.8 Å². The highest BCUT2D eigenvalue weighted by atomic mass is 16.3. The van der Waals surface area contributed by atoms with Crippen molar-refractivity contribution in [3.05, 3.63) is 211 Å². The summed E-state index contributed by atoms with van der Waals surface area (Å²) < 4.78 is 8.86. The third-order valence-electron chi connectivity index (χ3n) is 10.9. The van der Waals surface area contributed by atoms with Gasteiger partial charge in [-0.15, -0.1) is 0 Å². The van der Waals surface area contributed by atoms with Crippen molar-refractivity contribution in [3.63, 3.8) is 0 Å². The summed E-state index contributed by atoms with van der Waals surface area (Å²) in [5, 5.41) is 4.75. The quantitative estimate of drug-likeness (QED) is 0.156. The molecular formula is C51H37NO. The van der Waals surface area contributed by atoms with E-state index in [4.69, 9.17) is 4.42 Å². The number of aromatic nitrogens is 1. The Hall–Kier alpha value is -6.64. The van der Waals surface area contributed by atoms with Crippen LogP contribution in [0.25, 0.3) is 71.7 Å². The molecule has 10 aromatic rings.